The molecular weight excluding hydrogens is 268 g/mol. The number of benzene rings is 1. The Bertz CT molecular complexity index is 449. The Morgan fingerprint density at radius 2 is 2.05 bits per heavy atom. The van der Waals surface area contributed by atoms with Gasteiger partial charge in [-0.3, -0.25) is 4.79 Å². The predicted octanol–water partition coefficient (Wildman–Crippen LogP) is 2.29. The van der Waals surface area contributed by atoms with E-state index < -0.39 is 0 Å². The lowest BCUT2D eigenvalue weighted by molar-refractivity contribution is 0.0719. The minimum atomic E-state index is -0.138. The van der Waals surface area contributed by atoms with Crippen LogP contribution in [0.2, 0.25) is 0 Å². The third-order valence-corrected chi connectivity index (χ3v) is 3.43. The van der Waals surface area contributed by atoms with Gasteiger partial charge in [0.15, 0.2) is 0 Å². The second kappa shape index (κ2) is 9.23. The van der Waals surface area contributed by atoms with E-state index in [1.807, 2.05) is 0 Å². The van der Waals surface area contributed by atoms with E-state index >= 15 is 0 Å². The minimum Gasteiger partial charge on any atom is -0.497 e. The molecule has 118 valence electrons. The number of unbranched alkanes of at least 4 members (excludes halogenated alkanes) is 3. The van der Waals surface area contributed by atoms with E-state index in [0.29, 0.717) is 30.1 Å². The van der Waals surface area contributed by atoms with Crippen molar-refractivity contribution >= 4 is 11.6 Å². The van der Waals surface area contributed by atoms with E-state index in [1.54, 1.807) is 30.2 Å². The Labute approximate surface area is 126 Å². The van der Waals surface area contributed by atoms with Crippen LogP contribution in [-0.4, -0.2) is 42.7 Å². The predicted molar refractivity (Wildman–Crippen MR) is 84.5 cm³/mol. The second-order valence-corrected chi connectivity index (χ2v) is 5.03. The number of hydrogen-bond acceptors (Lipinski definition) is 4. The molecule has 0 aliphatic heterocycles. The summed E-state index contributed by atoms with van der Waals surface area (Å²) in [7, 11) is 1.56. The van der Waals surface area contributed by atoms with E-state index in [0.717, 1.165) is 25.7 Å². The van der Waals surface area contributed by atoms with Gasteiger partial charge in [0.05, 0.1) is 19.3 Å². The summed E-state index contributed by atoms with van der Waals surface area (Å²) >= 11 is 0. The van der Waals surface area contributed by atoms with E-state index in [9.17, 15) is 4.79 Å². The van der Waals surface area contributed by atoms with Gasteiger partial charge in [-0.1, -0.05) is 26.2 Å². The lowest BCUT2D eigenvalue weighted by atomic mass is 10.1. The van der Waals surface area contributed by atoms with Crippen molar-refractivity contribution in [3.05, 3.63) is 23.8 Å². The summed E-state index contributed by atoms with van der Waals surface area (Å²) < 4.78 is 5.08. The molecule has 0 atom stereocenters. The first-order valence-corrected chi connectivity index (χ1v) is 7.47. The molecule has 0 saturated heterocycles. The average Bonchev–Trinajstić information content (AvgIpc) is 2.49. The average molecular weight is 294 g/mol. The van der Waals surface area contributed by atoms with Crippen molar-refractivity contribution in [1.29, 1.82) is 0 Å². The number of carbonyl (C=O) groups excluding carboxylic acids is 1. The van der Waals surface area contributed by atoms with Crippen LogP contribution >= 0.6 is 0 Å². The maximum Gasteiger partial charge on any atom is 0.256 e. The van der Waals surface area contributed by atoms with Crippen LogP contribution < -0.4 is 10.5 Å². The molecule has 0 aromatic heterocycles. The number of methoxy groups -OCH3 is 1. The van der Waals surface area contributed by atoms with Gasteiger partial charge in [-0.05, 0) is 18.6 Å². The first-order valence-electron chi connectivity index (χ1n) is 7.47. The zero-order valence-corrected chi connectivity index (χ0v) is 13.0. The number of rotatable bonds is 9. The molecule has 1 aromatic carbocycles. The van der Waals surface area contributed by atoms with Crippen molar-refractivity contribution in [2.75, 3.05) is 32.5 Å². The fourth-order valence-electron chi connectivity index (χ4n) is 2.20. The summed E-state index contributed by atoms with van der Waals surface area (Å²) in [6.07, 6.45) is 4.34. The molecule has 0 spiro atoms. The van der Waals surface area contributed by atoms with Crippen LogP contribution in [0.1, 0.15) is 43.0 Å². The number of nitrogens with two attached hydrogens (primary N) is 1. The number of anilines is 1. The van der Waals surface area contributed by atoms with Crippen molar-refractivity contribution in [1.82, 2.24) is 4.90 Å². The highest BCUT2D eigenvalue weighted by Crippen LogP contribution is 2.21. The number of nitrogen functional groups attached to an aromatic ring is 1. The molecule has 1 amide bonds. The van der Waals surface area contributed by atoms with Gasteiger partial charge in [-0.15, -0.1) is 0 Å². The van der Waals surface area contributed by atoms with Gasteiger partial charge in [0.1, 0.15) is 5.75 Å². The summed E-state index contributed by atoms with van der Waals surface area (Å²) in [6, 6.07) is 5.03. The van der Waals surface area contributed by atoms with Crippen molar-refractivity contribution in [3.8, 4) is 5.75 Å². The van der Waals surface area contributed by atoms with E-state index in [-0.39, 0.29) is 12.5 Å². The highest BCUT2D eigenvalue weighted by Gasteiger charge is 2.17. The summed E-state index contributed by atoms with van der Waals surface area (Å²) in [6.45, 7) is 3.07. The molecule has 1 aromatic rings. The minimum absolute atomic E-state index is 0.0461. The normalized spacial score (nSPS) is 10.4. The fraction of sp³-hybridized carbons (Fsp3) is 0.562. The number of aliphatic hydroxyl groups excluding tert-OH is 1. The summed E-state index contributed by atoms with van der Waals surface area (Å²) in [5, 5.41) is 9.14. The topological polar surface area (TPSA) is 75.8 Å². The zero-order chi connectivity index (χ0) is 15.7. The second-order valence-electron chi connectivity index (χ2n) is 5.03. The molecule has 0 heterocycles. The number of nitrogens with zero attached hydrogens (tertiary/aromatic N) is 1. The van der Waals surface area contributed by atoms with E-state index in [1.165, 1.54) is 0 Å². The molecule has 1 rings (SSSR count). The third kappa shape index (κ3) is 5.27. The number of carbonyl (C=O) groups is 1. The summed E-state index contributed by atoms with van der Waals surface area (Å²) in [5.74, 6) is 0.487. The van der Waals surface area contributed by atoms with Gasteiger partial charge in [0, 0.05) is 24.8 Å². The Kier molecular flexibility index (Phi) is 7.61. The van der Waals surface area contributed by atoms with Crippen molar-refractivity contribution in [2.24, 2.45) is 0 Å². The quantitative estimate of drug-likeness (QED) is 0.541. The van der Waals surface area contributed by atoms with Crippen LogP contribution in [0.4, 0.5) is 5.69 Å². The van der Waals surface area contributed by atoms with Crippen LogP contribution in [-0.2, 0) is 0 Å². The summed E-state index contributed by atoms with van der Waals surface area (Å²) in [5.41, 5.74) is 6.78. The maximum absolute atomic E-state index is 12.5. The van der Waals surface area contributed by atoms with E-state index in [2.05, 4.69) is 6.92 Å². The first-order chi connectivity index (χ1) is 10.1. The molecular formula is C16H26N2O3. The molecule has 5 nitrogen and oxygen atoms in total. The monoisotopic (exact) mass is 294 g/mol. The fourth-order valence-corrected chi connectivity index (χ4v) is 2.20. The SMILES string of the molecule is CCCCCCN(CCO)C(=O)c1ccc(OC)cc1N. The highest BCUT2D eigenvalue weighted by molar-refractivity contribution is 5.99. The lowest BCUT2D eigenvalue weighted by Gasteiger charge is -2.22. The molecule has 0 unspecified atom stereocenters. The van der Waals surface area contributed by atoms with Crippen LogP contribution in [0.5, 0.6) is 5.75 Å². The Hall–Kier alpha value is -1.75. The molecule has 0 saturated carbocycles. The van der Waals surface area contributed by atoms with Gasteiger partial charge in [-0.2, -0.15) is 0 Å². The molecule has 0 aliphatic rings. The lowest BCUT2D eigenvalue weighted by Crippen LogP contribution is -2.34. The molecule has 0 fully saturated rings. The largest absolute Gasteiger partial charge is 0.497 e. The van der Waals surface area contributed by atoms with Crippen molar-refractivity contribution in [3.63, 3.8) is 0 Å². The van der Waals surface area contributed by atoms with Crippen LogP contribution in [0.3, 0.4) is 0 Å². The highest BCUT2D eigenvalue weighted by atomic mass is 16.5. The van der Waals surface area contributed by atoms with Crippen molar-refractivity contribution < 1.29 is 14.6 Å². The van der Waals surface area contributed by atoms with Gasteiger partial charge in [0.25, 0.3) is 5.91 Å². The molecule has 5 heteroatoms. The van der Waals surface area contributed by atoms with Gasteiger partial charge < -0.3 is 20.5 Å². The molecule has 0 aliphatic carbocycles. The molecule has 3 N–H and O–H groups in total. The first kappa shape index (κ1) is 17.3. The van der Waals surface area contributed by atoms with Crippen LogP contribution in [0, 0.1) is 0 Å². The Morgan fingerprint density at radius 1 is 1.29 bits per heavy atom. The van der Waals surface area contributed by atoms with E-state index in [4.69, 9.17) is 15.6 Å². The van der Waals surface area contributed by atoms with Gasteiger partial charge in [-0.25, -0.2) is 0 Å². The summed E-state index contributed by atoms with van der Waals surface area (Å²) in [4.78, 5) is 14.2. The molecule has 0 bridgehead atoms. The standard InChI is InChI=1S/C16H26N2O3/c1-3-4-5-6-9-18(10-11-19)16(20)14-8-7-13(21-2)12-15(14)17/h7-8,12,19H,3-6,9-11,17H2,1-2H3. The molecule has 0 radical (unpaired) electrons. The van der Waals surface area contributed by atoms with Gasteiger partial charge >= 0.3 is 0 Å². The molecule has 21 heavy (non-hydrogen) atoms. The number of hydrogen-bond donors (Lipinski definition) is 2. The third-order valence-electron chi connectivity index (χ3n) is 3.43. The van der Waals surface area contributed by atoms with Crippen molar-refractivity contribution in [2.45, 2.75) is 32.6 Å². The van der Waals surface area contributed by atoms with Crippen LogP contribution in [0.25, 0.3) is 0 Å². The van der Waals surface area contributed by atoms with Crippen LogP contribution in [0.15, 0.2) is 18.2 Å². The number of aliphatic hydroxyl groups is 1. The van der Waals surface area contributed by atoms with Gasteiger partial charge in [0.2, 0.25) is 0 Å². The number of ether oxygens (including phenoxy) is 1. The Morgan fingerprint density at radius 3 is 2.62 bits per heavy atom. The number of amides is 1. The Balaban J connectivity index is 2.75. The zero-order valence-electron chi connectivity index (χ0n) is 13.0. The smallest absolute Gasteiger partial charge is 0.256 e. The maximum atomic E-state index is 12.5.